The second-order valence-corrected chi connectivity index (χ2v) is 14.7. The molecule has 286 valence electrons. The molecule has 0 aliphatic heterocycles. The molecule has 0 saturated carbocycles. The van der Waals surface area contributed by atoms with Crippen molar-refractivity contribution in [1.82, 2.24) is 26.3 Å². The number of carboxylic acid groups (broad SMARTS) is 2. The molecule has 17 heteroatoms. The van der Waals surface area contributed by atoms with Crippen LogP contribution < -0.4 is 21.3 Å². The molecule has 53 heavy (non-hydrogen) atoms. The van der Waals surface area contributed by atoms with Crippen LogP contribution in [-0.4, -0.2) is 89.8 Å². The maximum atomic E-state index is 14.0. The van der Waals surface area contributed by atoms with Crippen LogP contribution in [0.25, 0.3) is 10.9 Å². The lowest BCUT2D eigenvalue weighted by molar-refractivity contribution is -0.138. The zero-order chi connectivity index (χ0) is 39.1. The van der Waals surface area contributed by atoms with Crippen LogP contribution in [0.3, 0.4) is 0 Å². The number of H-pyrrole nitrogens is 1. The van der Waals surface area contributed by atoms with E-state index >= 15 is 0 Å². The van der Waals surface area contributed by atoms with Gasteiger partial charge in [-0.3, -0.25) is 24.0 Å². The third-order valence-electron chi connectivity index (χ3n) is 7.96. The number of rotatable bonds is 20. The summed E-state index contributed by atoms with van der Waals surface area (Å²) in [5.41, 5.74) is 2.08. The van der Waals surface area contributed by atoms with Crippen molar-refractivity contribution >= 4 is 56.5 Å². The first-order valence-electron chi connectivity index (χ1n) is 16.8. The molecular weight excluding hydrogens is 710 g/mol. The maximum absolute atomic E-state index is 14.0. The number of nitrogens with one attached hydrogen (secondary N) is 5. The highest BCUT2D eigenvalue weighted by molar-refractivity contribution is 7.93. The van der Waals surface area contributed by atoms with Gasteiger partial charge >= 0.3 is 18.0 Å². The fourth-order valence-corrected chi connectivity index (χ4v) is 5.76. The number of benzene rings is 2. The predicted molar refractivity (Wildman–Crippen MR) is 194 cm³/mol. The van der Waals surface area contributed by atoms with Crippen LogP contribution in [0.2, 0.25) is 0 Å². The molecule has 2 aromatic carbocycles. The second-order valence-electron chi connectivity index (χ2n) is 12.8. The summed E-state index contributed by atoms with van der Waals surface area (Å²) in [6, 6.07) is 10.9. The number of alkyl carbamates (subject to hydrolysis) is 1. The van der Waals surface area contributed by atoms with Crippen molar-refractivity contribution in [2.24, 2.45) is 5.92 Å². The number of aliphatic carboxylic acids is 2. The third kappa shape index (κ3) is 14.4. The molecule has 7 N–H and O–H groups in total. The zero-order valence-electron chi connectivity index (χ0n) is 29.5. The molecule has 4 unspecified atom stereocenters. The first-order chi connectivity index (χ1) is 25.0. The van der Waals surface area contributed by atoms with E-state index in [1.165, 1.54) is 0 Å². The number of para-hydroxylation sites is 1. The van der Waals surface area contributed by atoms with Crippen LogP contribution in [0, 0.1) is 5.92 Å². The Morgan fingerprint density at radius 3 is 2.13 bits per heavy atom. The minimum absolute atomic E-state index is 0.00653. The normalized spacial score (nSPS) is 13.8. The van der Waals surface area contributed by atoms with E-state index in [4.69, 9.17) is 4.74 Å². The second kappa shape index (κ2) is 19.8. The topological polar surface area (TPSA) is 250 Å². The van der Waals surface area contributed by atoms with Crippen molar-refractivity contribution in [1.29, 1.82) is 0 Å². The van der Waals surface area contributed by atoms with Gasteiger partial charge in [0.1, 0.15) is 24.7 Å². The number of ether oxygens (including phenoxy) is 1. The fourth-order valence-electron chi connectivity index (χ4n) is 5.29. The average Bonchev–Trinajstić information content (AvgIpc) is 3.49. The zero-order valence-corrected chi connectivity index (χ0v) is 30.4. The van der Waals surface area contributed by atoms with Crippen molar-refractivity contribution in [3.05, 3.63) is 83.4 Å². The molecule has 4 atom stereocenters. The van der Waals surface area contributed by atoms with Crippen LogP contribution in [0.5, 0.6) is 0 Å². The van der Waals surface area contributed by atoms with E-state index in [-0.39, 0.29) is 32.3 Å². The molecule has 1 heterocycles. The molecular formula is C36H45N5O11S. The van der Waals surface area contributed by atoms with E-state index < -0.39 is 82.1 Å². The Kier molecular flexibility index (Phi) is 15.6. The standard InChI is InChI=1S/C36H45N5O11S/c1-22(2)32(35(48)38-25(19-31(44)45)16-17-53(3,50)51)41-34(47)29(18-24-20-37-27-13-8-7-12-26(24)27)39-33(46)28(14-9-15-30(42)43)40-36(49)52-21-23-10-5-4-6-11-23/h4-8,10-13,16-17,20,22,25,28-29,32,37H,9,14-15,18-19,21H2,1-3H3,(H,38,48)(H,39,46)(H,40,49)(H,41,47)(H,42,43)(H,44,45). The monoisotopic (exact) mass is 755 g/mol. The van der Waals surface area contributed by atoms with Gasteiger partial charge in [-0.05, 0) is 36.0 Å². The van der Waals surface area contributed by atoms with Crippen molar-refractivity contribution < 1.29 is 52.1 Å². The largest absolute Gasteiger partial charge is 0.481 e. The molecule has 1 aromatic heterocycles. The summed E-state index contributed by atoms with van der Waals surface area (Å²) in [4.78, 5) is 79.8. The number of carbonyl (C=O) groups is 6. The lowest BCUT2D eigenvalue weighted by Crippen LogP contribution is -2.59. The predicted octanol–water partition coefficient (Wildman–Crippen LogP) is 2.40. The summed E-state index contributed by atoms with van der Waals surface area (Å²) in [6.07, 6.45) is 1.54. The van der Waals surface area contributed by atoms with E-state index in [9.17, 15) is 47.4 Å². The van der Waals surface area contributed by atoms with Crippen molar-refractivity contribution in [2.75, 3.05) is 6.26 Å². The minimum atomic E-state index is -3.65. The third-order valence-corrected chi connectivity index (χ3v) is 8.62. The average molecular weight is 756 g/mol. The molecule has 4 amide bonds. The fraction of sp³-hybridized carbons (Fsp3) is 0.389. The quantitative estimate of drug-likeness (QED) is 0.0882. The Labute approximate surface area is 306 Å². The summed E-state index contributed by atoms with van der Waals surface area (Å²) in [7, 11) is -3.65. The van der Waals surface area contributed by atoms with Crippen LogP contribution in [0.1, 0.15) is 50.7 Å². The number of fused-ring (bicyclic) bond motifs is 1. The Hall–Kier alpha value is -5.71. The number of sulfone groups is 1. The van der Waals surface area contributed by atoms with E-state index in [1.54, 1.807) is 56.4 Å². The number of hydrogen-bond acceptors (Lipinski definition) is 9. The highest BCUT2D eigenvalue weighted by Gasteiger charge is 2.32. The van der Waals surface area contributed by atoms with Crippen LogP contribution in [-0.2, 0) is 51.6 Å². The SMILES string of the molecule is CC(C)C(NC(=O)C(Cc1c[nH]c2ccccc12)NC(=O)C(CCCC(=O)O)NC(=O)OCc1ccccc1)C(=O)NC(C=CS(C)(=O)=O)CC(=O)O. The van der Waals surface area contributed by atoms with Gasteiger partial charge in [0, 0.05) is 41.6 Å². The van der Waals surface area contributed by atoms with Gasteiger partial charge in [0.15, 0.2) is 9.84 Å². The van der Waals surface area contributed by atoms with E-state index in [0.29, 0.717) is 11.1 Å². The number of aromatic nitrogens is 1. The van der Waals surface area contributed by atoms with Crippen molar-refractivity contribution in [3.63, 3.8) is 0 Å². The molecule has 0 aliphatic carbocycles. The molecule has 0 aliphatic rings. The molecule has 0 fully saturated rings. The van der Waals surface area contributed by atoms with Gasteiger partial charge in [-0.15, -0.1) is 0 Å². The summed E-state index contributed by atoms with van der Waals surface area (Å²) in [5.74, 6) is -5.39. The van der Waals surface area contributed by atoms with Gasteiger partial charge in [-0.2, -0.15) is 0 Å². The Morgan fingerprint density at radius 1 is 0.830 bits per heavy atom. The Bertz CT molecular complexity index is 1890. The van der Waals surface area contributed by atoms with Gasteiger partial charge in [0.2, 0.25) is 17.7 Å². The maximum Gasteiger partial charge on any atom is 0.408 e. The van der Waals surface area contributed by atoms with Crippen LogP contribution >= 0.6 is 0 Å². The van der Waals surface area contributed by atoms with E-state index in [2.05, 4.69) is 26.3 Å². The van der Waals surface area contributed by atoms with E-state index in [0.717, 1.165) is 28.6 Å². The smallest absolute Gasteiger partial charge is 0.408 e. The summed E-state index contributed by atoms with van der Waals surface area (Å²) in [6.45, 7) is 3.15. The number of aromatic amines is 1. The Morgan fingerprint density at radius 2 is 1.49 bits per heavy atom. The lowest BCUT2D eigenvalue weighted by atomic mass is 9.99. The van der Waals surface area contributed by atoms with Crippen molar-refractivity contribution in [3.8, 4) is 0 Å². The summed E-state index contributed by atoms with van der Waals surface area (Å²) in [5, 5.41) is 30.3. The number of carbonyl (C=O) groups excluding carboxylic acids is 4. The molecule has 16 nitrogen and oxygen atoms in total. The van der Waals surface area contributed by atoms with Gasteiger partial charge in [-0.1, -0.05) is 68.5 Å². The first kappa shape index (κ1) is 41.7. The van der Waals surface area contributed by atoms with Crippen LogP contribution in [0.15, 0.2) is 72.3 Å². The number of carboxylic acids is 2. The molecule has 0 radical (unpaired) electrons. The molecule has 3 aromatic rings. The minimum Gasteiger partial charge on any atom is -0.481 e. The number of hydrogen-bond donors (Lipinski definition) is 7. The van der Waals surface area contributed by atoms with Crippen LogP contribution in [0.4, 0.5) is 4.79 Å². The lowest BCUT2D eigenvalue weighted by Gasteiger charge is -2.27. The van der Waals surface area contributed by atoms with Crippen molar-refractivity contribution in [2.45, 2.75) is 76.7 Å². The summed E-state index contributed by atoms with van der Waals surface area (Å²) < 4.78 is 28.6. The number of amides is 4. The molecule has 0 spiro atoms. The molecule has 3 rings (SSSR count). The van der Waals surface area contributed by atoms with Gasteiger partial charge < -0.3 is 41.2 Å². The first-order valence-corrected chi connectivity index (χ1v) is 18.7. The summed E-state index contributed by atoms with van der Waals surface area (Å²) >= 11 is 0. The highest BCUT2D eigenvalue weighted by Crippen LogP contribution is 2.20. The van der Waals surface area contributed by atoms with Gasteiger partial charge in [0.05, 0.1) is 12.5 Å². The highest BCUT2D eigenvalue weighted by atomic mass is 32.2. The Balaban J connectivity index is 1.87. The van der Waals surface area contributed by atoms with Gasteiger partial charge in [0.25, 0.3) is 0 Å². The van der Waals surface area contributed by atoms with Gasteiger partial charge in [-0.25, -0.2) is 13.2 Å². The van der Waals surface area contributed by atoms with E-state index in [1.807, 2.05) is 18.2 Å². The molecule has 0 bridgehead atoms. The molecule has 0 saturated heterocycles.